The van der Waals surface area contributed by atoms with Gasteiger partial charge < -0.3 is 10.4 Å². The molecule has 0 aliphatic rings. The first kappa shape index (κ1) is 23.5. The Morgan fingerprint density at radius 3 is 2.48 bits per heavy atom. The minimum Gasteiger partial charge on any atom is -0.481 e. The number of hydrogen-bond donors (Lipinski definition) is 2. The van der Waals surface area contributed by atoms with Crippen molar-refractivity contribution < 1.29 is 19.5 Å². The van der Waals surface area contributed by atoms with Crippen LogP contribution in [0.1, 0.15) is 20.3 Å². The van der Waals surface area contributed by atoms with E-state index in [1.165, 1.54) is 4.68 Å². The normalized spacial score (nSPS) is 12.0. The van der Waals surface area contributed by atoms with Crippen molar-refractivity contribution in [3.05, 3.63) is 28.2 Å². The van der Waals surface area contributed by atoms with Crippen LogP contribution < -0.4 is 5.32 Å². The van der Waals surface area contributed by atoms with Gasteiger partial charge in [-0.2, -0.15) is 0 Å². The summed E-state index contributed by atoms with van der Waals surface area (Å²) >= 11 is 14.3. The molecule has 0 fully saturated rings. The highest BCUT2D eigenvalue weighted by Gasteiger charge is 2.26. The third kappa shape index (κ3) is 7.18. The van der Waals surface area contributed by atoms with Crippen molar-refractivity contribution in [3.63, 3.8) is 0 Å². The highest BCUT2D eigenvalue weighted by molar-refractivity contribution is 8.14. The minimum atomic E-state index is -1.22. The van der Waals surface area contributed by atoms with Gasteiger partial charge in [0.05, 0.1) is 21.4 Å². The molecule has 2 rings (SSSR count). The van der Waals surface area contributed by atoms with E-state index < -0.39 is 29.5 Å². The van der Waals surface area contributed by atoms with Crippen LogP contribution in [-0.2, 0) is 16.1 Å². The van der Waals surface area contributed by atoms with Gasteiger partial charge in [0.15, 0.2) is 5.78 Å². The number of carboxylic acid groups (broad SMARTS) is 1. The maximum atomic E-state index is 12.6. The summed E-state index contributed by atoms with van der Waals surface area (Å²) in [6.07, 6.45) is -0.551. The van der Waals surface area contributed by atoms with Crippen LogP contribution in [0.2, 0.25) is 10.0 Å². The number of nitrogens with zero attached hydrogens (tertiary/aromatic N) is 4. The van der Waals surface area contributed by atoms with E-state index in [2.05, 4.69) is 20.8 Å². The number of rotatable bonds is 9. The fraction of sp³-hybridized carbons (Fsp3) is 0.375. The van der Waals surface area contributed by atoms with Crippen LogP contribution >= 0.6 is 46.7 Å². The molecule has 0 spiro atoms. The molecule has 29 heavy (non-hydrogen) atoms. The lowest BCUT2D eigenvalue weighted by molar-refractivity contribution is -0.139. The van der Waals surface area contributed by atoms with Gasteiger partial charge >= 0.3 is 5.97 Å². The Balaban J connectivity index is 2.15. The zero-order chi connectivity index (χ0) is 21.6. The predicted octanol–water partition coefficient (Wildman–Crippen LogP) is 3.39. The first-order valence-electron chi connectivity index (χ1n) is 8.27. The van der Waals surface area contributed by atoms with E-state index in [1.54, 1.807) is 18.2 Å². The van der Waals surface area contributed by atoms with E-state index in [4.69, 9.17) is 28.3 Å². The van der Waals surface area contributed by atoms with E-state index in [9.17, 15) is 14.4 Å². The van der Waals surface area contributed by atoms with Gasteiger partial charge in [0, 0.05) is 5.25 Å². The van der Waals surface area contributed by atoms with Crippen LogP contribution in [0.3, 0.4) is 0 Å². The molecule has 0 radical (unpaired) electrons. The van der Waals surface area contributed by atoms with Crippen molar-refractivity contribution in [1.29, 1.82) is 0 Å². The molecule has 0 bridgehead atoms. The number of halogens is 2. The van der Waals surface area contributed by atoms with Gasteiger partial charge in [-0.1, -0.05) is 54.9 Å². The largest absolute Gasteiger partial charge is 0.481 e. The summed E-state index contributed by atoms with van der Waals surface area (Å²) in [7, 11) is 0. The molecule has 2 aromatic rings. The third-order valence-corrected chi connectivity index (χ3v) is 6.10. The summed E-state index contributed by atoms with van der Waals surface area (Å²) in [4.78, 5) is 36.2. The topological polar surface area (TPSA) is 127 Å². The molecule has 0 saturated heterocycles. The quantitative estimate of drug-likeness (QED) is 0.557. The summed E-state index contributed by atoms with van der Waals surface area (Å²) in [5.41, 5.74) is 0. The molecular formula is C16H17Cl2N5O4S2. The molecule has 9 nitrogen and oxygen atoms in total. The second kappa shape index (κ2) is 10.8. The maximum Gasteiger partial charge on any atom is 0.305 e. The Labute approximate surface area is 184 Å². The number of tetrazole rings is 1. The summed E-state index contributed by atoms with van der Waals surface area (Å²) in [6.45, 7) is 3.29. The average molecular weight is 478 g/mol. The summed E-state index contributed by atoms with van der Waals surface area (Å²) in [6, 6.07) is 3.78. The van der Waals surface area contributed by atoms with Crippen LogP contribution in [-0.4, -0.2) is 53.6 Å². The summed E-state index contributed by atoms with van der Waals surface area (Å²) in [5, 5.41) is 23.2. The standard InChI is InChI=1S/C16H17Cl2N5O4S2/c1-8(2)28-16(27)19-11(6-13(25)26)12(24)7-23-15(20-21-22-23)29-14-9(17)4-3-5-10(14)18/h3-5,8,11H,6-7H2,1-2H3,(H,19,27)(H,25,26). The molecule has 2 N–H and O–H groups in total. The van der Waals surface area contributed by atoms with E-state index in [0.717, 1.165) is 23.5 Å². The molecule has 1 heterocycles. The second-order valence-electron chi connectivity index (χ2n) is 5.99. The van der Waals surface area contributed by atoms with Gasteiger partial charge in [-0.3, -0.25) is 14.4 Å². The number of carbonyl (C=O) groups is 3. The van der Waals surface area contributed by atoms with Crippen molar-refractivity contribution in [1.82, 2.24) is 25.5 Å². The van der Waals surface area contributed by atoms with Gasteiger partial charge in [-0.15, -0.1) is 5.10 Å². The number of benzene rings is 1. The molecule has 0 aliphatic heterocycles. The number of aromatic nitrogens is 4. The monoisotopic (exact) mass is 477 g/mol. The Morgan fingerprint density at radius 2 is 1.90 bits per heavy atom. The number of nitrogens with one attached hydrogen (secondary N) is 1. The summed E-state index contributed by atoms with van der Waals surface area (Å²) < 4.78 is 1.20. The molecule has 1 amide bonds. The Hall–Kier alpha value is -1.82. The number of aliphatic carboxylic acids is 1. The molecule has 13 heteroatoms. The van der Waals surface area contributed by atoms with Crippen molar-refractivity contribution in [3.8, 4) is 0 Å². The van der Waals surface area contributed by atoms with Crippen molar-refractivity contribution >= 4 is 63.7 Å². The predicted molar refractivity (Wildman–Crippen MR) is 111 cm³/mol. The van der Waals surface area contributed by atoms with Crippen LogP contribution in [0.5, 0.6) is 0 Å². The second-order valence-corrected chi connectivity index (χ2v) is 9.33. The number of Topliss-reactive ketones (excluding diaryl/α,β-unsaturated/α-hetero) is 1. The highest BCUT2D eigenvalue weighted by atomic mass is 35.5. The molecule has 1 aromatic carbocycles. The molecule has 0 saturated carbocycles. The molecular weight excluding hydrogens is 461 g/mol. The van der Waals surface area contributed by atoms with Crippen molar-refractivity contribution in [2.75, 3.05) is 0 Å². The van der Waals surface area contributed by atoms with Crippen LogP contribution in [0.15, 0.2) is 28.3 Å². The summed E-state index contributed by atoms with van der Waals surface area (Å²) in [5.74, 6) is -1.77. The molecule has 156 valence electrons. The van der Waals surface area contributed by atoms with E-state index in [0.29, 0.717) is 14.9 Å². The number of thioether (sulfide) groups is 1. The first-order chi connectivity index (χ1) is 13.7. The number of carbonyl (C=O) groups excluding carboxylic acids is 2. The highest BCUT2D eigenvalue weighted by Crippen LogP contribution is 2.37. The van der Waals surface area contributed by atoms with Gasteiger partial charge in [0.25, 0.3) is 5.24 Å². The fourth-order valence-electron chi connectivity index (χ4n) is 2.11. The van der Waals surface area contributed by atoms with Gasteiger partial charge in [-0.25, -0.2) is 4.68 Å². The van der Waals surface area contributed by atoms with E-state index in [1.807, 2.05) is 13.8 Å². The molecule has 1 atom stereocenters. The van der Waals surface area contributed by atoms with Crippen molar-refractivity contribution in [2.24, 2.45) is 0 Å². The third-order valence-electron chi connectivity index (χ3n) is 3.32. The molecule has 0 aliphatic carbocycles. The Bertz CT molecular complexity index is 889. The molecule has 1 unspecified atom stereocenters. The lowest BCUT2D eigenvalue weighted by Gasteiger charge is -2.16. The number of ketones is 1. The zero-order valence-corrected chi connectivity index (χ0v) is 18.5. The number of carboxylic acids is 1. The average Bonchev–Trinajstić information content (AvgIpc) is 3.03. The first-order valence-corrected chi connectivity index (χ1v) is 10.7. The zero-order valence-electron chi connectivity index (χ0n) is 15.3. The SMILES string of the molecule is CC(C)SC(=O)NC(CC(=O)O)C(=O)Cn1nnnc1Sc1c(Cl)cccc1Cl. The van der Waals surface area contributed by atoms with Gasteiger partial charge in [0.1, 0.15) is 12.6 Å². The molecule has 1 aromatic heterocycles. The van der Waals surface area contributed by atoms with Crippen molar-refractivity contribution in [2.45, 2.75) is 48.2 Å². The van der Waals surface area contributed by atoms with Gasteiger partial charge in [-0.05, 0) is 34.3 Å². The van der Waals surface area contributed by atoms with E-state index in [-0.39, 0.29) is 17.0 Å². The van der Waals surface area contributed by atoms with Crippen LogP contribution in [0.25, 0.3) is 0 Å². The minimum absolute atomic E-state index is 0.0153. The lowest BCUT2D eigenvalue weighted by Crippen LogP contribution is -2.42. The maximum absolute atomic E-state index is 12.6. The number of hydrogen-bond acceptors (Lipinski definition) is 8. The smallest absolute Gasteiger partial charge is 0.305 e. The fourth-order valence-corrected chi connectivity index (χ4v) is 4.17. The number of amides is 1. The lowest BCUT2D eigenvalue weighted by atomic mass is 10.1. The van der Waals surface area contributed by atoms with Crippen LogP contribution in [0.4, 0.5) is 4.79 Å². The van der Waals surface area contributed by atoms with Gasteiger partial charge in [0.2, 0.25) is 5.16 Å². The van der Waals surface area contributed by atoms with Crippen LogP contribution in [0, 0.1) is 0 Å². The Kier molecular flexibility index (Phi) is 8.75. The van der Waals surface area contributed by atoms with E-state index >= 15 is 0 Å². The Morgan fingerprint density at radius 1 is 1.24 bits per heavy atom.